The molecule has 2 heterocycles. The van der Waals surface area contributed by atoms with Gasteiger partial charge in [-0.1, -0.05) is 36.4 Å². The molecule has 11 aromatic rings. The van der Waals surface area contributed by atoms with Gasteiger partial charge < -0.3 is 18.6 Å². The van der Waals surface area contributed by atoms with Gasteiger partial charge in [0.25, 0.3) is 0 Å². The van der Waals surface area contributed by atoms with Crippen molar-refractivity contribution in [3.8, 4) is 0 Å². The van der Waals surface area contributed by atoms with Crippen molar-refractivity contribution in [3.63, 3.8) is 0 Å². The quantitative estimate of drug-likeness (QED) is 0.167. The fourth-order valence-electron chi connectivity index (χ4n) is 10.0. The second kappa shape index (κ2) is 14.4. The van der Waals surface area contributed by atoms with Crippen molar-refractivity contribution in [1.82, 2.24) is 0 Å². The lowest BCUT2D eigenvalue weighted by Crippen LogP contribution is -2.11. The Balaban J connectivity index is 1.03. The van der Waals surface area contributed by atoms with E-state index in [1.165, 1.54) is 44.5 Å². The molecular formula is C58H47FN2O2. The van der Waals surface area contributed by atoms with Crippen LogP contribution in [-0.2, 0) is 0 Å². The predicted octanol–water partition coefficient (Wildman–Crippen LogP) is 17.3. The van der Waals surface area contributed by atoms with Crippen molar-refractivity contribution in [2.24, 2.45) is 0 Å². The molecule has 9 aromatic carbocycles. The second-order valence-electron chi connectivity index (χ2n) is 18.0. The monoisotopic (exact) mass is 822 g/mol. The van der Waals surface area contributed by atoms with Crippen LogP contribution in [0.1, 0.15) is 44.5 Å². The zero-order valence-corrected chi connectivity index (χ0v) is 36.9. The van der Waals surface area contributed by atoms with E-state index in [2.05, 4.69) is 187 Å². The summed E-state index contributed by atoms with van der Waals surface area (Å²) >= 11 is 0. The van der Waals surface area contributed by atoms with E-state index in [4.69, 9.17) is 8.83 Å². The highest BCUT2D eigenvalue weighted by atomic mass is 19.1. The highest BCUT2D eigenvalue weighted by Gasteiger charge is 2.22. The molecule has 0 aliphatic rings. The number of nitrogens with zero attached hydrogens (tertiary/aromatic N) is 2. The molecular weight excluding hydrogens is 776 g/mol. The molecule has 0 atom stereocenters. The van der Waals surface area contributed by atoms with E-state index in [-0.39, 0.29) is 11.2 Å². The number of halogens is 1. The molecule has 5 heteroatoms. The molecule has 0 saturated carbocycles. The first-order valence-electron chi connectivity index (χ1n) is 21.6. The van der Waals surface area contributed by atoms with Gasteiger partial charge in [0.1, 0.15) is 11.2 Å². The lowest BCUT2D eigenvalue weighted by Gasteiger charge is -2.27. The fourth-order valence-corrected chi connectivity index (χ4v) is 10.0. The topological polar surface area (TPSA) is 32.8 Å². The Hall–Kier alpha value is -7.37. The van der Waals surface area contributed by atoms with Gasteiger partial charge in [-0.15, -0.1) is 0 Å². The molecule has 308 valence electrons. The van der Waals surface area contributed by atoms with E-state index in [1.807, 2.05) is 18.2 Å². The minimum atomic E-state index is -0.490. The van der Waals surface area contributed by atoms with E-state index in [0.717, 1.165) is 77.2 Å². The van der Waals surface area contributed by atoms with E-state index in [9.17, 15) is 0 Å². The first-order valence-corrected chi connectivity index (χ1v) is 21.6. The fraction of sp³-hybridized carbons (Fsp3) is 0.138. The summed E-state index contributed by atoms with van der Waals surface area (Å²) in [6, 6.07) is 50.1. The maximum atomic E-state index is 16.8. The molecule has 0 bridgehead atoms. The zero-order valence-electron chi connectivity index (χ0n) is 36.9. The van der Waals surface area contributed by atoms with Crippen molar-refractivity contribution in [1.29, 1.82) is 0 Å². The van der Waals surface area contributed by atoms with Crippen LogP contribution in [0, 0.1) is 61.2 Å². The highest BCUT2D eigenvalue weighted by Crippen LogP contribution is 2.44. The van der Waals surface area contributed by atoms with Crippen molar-refractivity contribution in [2.45, 2.75) is 55.4 Å². The number of benzene rings is 9. The minimum Gasteiger partial charge on any atom is -0.453 e. The largest absolute Gasteiger partial charge is 0.453 e. The number of fused-ring (bicyclic) bond motifs is 8. The molecule has 0 aliphatic carbocycles. The van der Waals surface area contributed by atoms with Crippen molar-refractivity contribution >= 4 is 99.5 Å². The molecule has 4 nitrogen and oxygen atoms in total. The average molecular weight is 823 g/mol. The summed E-state index contributed by atoms with van der Waals surface area (Å²) < 4.78 is 29.6. The number of hydrogen-bond acceptors (Lipinski definition) is 4. The summed E-state index contributed by atoms with van der Waals surface area (Å²) in [5, 5.41) is 7.29. The summed E-state index contributed by atoms with van der Waals surface area (Å²) in [4.78, 5) is 4.63. The van der Waals surface area contributed by atoms with Gasteiger partial charge in [-0.05, 0) is 225 Å². The van der Waals surface area contributed by atoms with Crippen LogP contribution in [0.15, 0.2) is 148 Å². The van der Waals surface area contributed by atoms with Gasteiger partial charge in [0.2, 0.25) is 5.82 Å². The third-order valence-corrected chi connectivity index (χ3v) is 12.4. The lowest BCUT2D eigenvalue weighted by molar-refractivity contribution is 0.561. The molecule has 0 unspecified atom stereocenters. The van der Waals surface area contributed by atoms with Crippen molar-refractivity contribution in [3.05, 3.63) is 190 Å². The average Bonchev–Trinajstić information content (AvgIpc) is 3.75. The molecule has 0 radical (unpaired) electrons. The third kappa shape index (κ3) is 6.67. The SMILES string of the molecule is Cc1cc(C)cc(N(c2cc(C)cc(C)c2)c2ccc3cc4c(cc3c2)oc2c(F)c3oc5cc6cc(N(c7cc(C)cc(C)c7)c7cc(C)cc(C)c7)ccc6cc5c3cc24)c1. The Kier molecular flexibility index (Phi) is 8.78. The smallest absolute Gasteiger partial charge is 0.209 e. The van der Waals surface area contributed by atoms with Gasteiger partial charge in [0.05, 0.1) is 0 Å². The standard InChI is InChI=1S/C58H47FN2O2/c1-32-13-33(2)18-46(17-32)60(47-19-34(3)14-35(4)20-47)44-11-9-40-27-50-52-31-53-51-28-41-10-12-45(61(48-21-36(5)15-37(6)22-48)49-23-38(7)16-39(8)24-49)26-43(41)30-55(51)63-58(53)56(59)57(52)62-54(50)29-42(40)25-44/h9-31H,1-8H3. The van der Waals surface area contributed by atoms with Gasteiger partial charge in [-0.3, -0.25) is 0 Å². The molecule has 0 amide bonds. The number of furan rings is 2. The van der Waals surface area contributed by atoms with Crippen LogP contribution in [0.2, 0.25) is 0 Å². The minimum absolute atomic E-state index is 0.198. The Morgan fingerprint density at radius 3 is 0.937 bits per heavy atom. The summed E-state index contributed by atoms with van der Waals surface area (Å²) in [5.74, 6) is -0.490. The Morgan fingerprint density at radius 2 is 0.619 bits per heavy atom. The zero-order chi connectivity index (χ0) is 43.4. The molecule has 0 fully saturated rings. The molecule has 0 spiro atoms. The molecule has 63 heavy (non-hydrogen) atoms. The van der Waals surface area contributed by atoms with Gasteiger partial charge >= 0.3 is 0 Å². The van der Waals surface area contributed by atoms with Crippen molar-refractivity contribution < 1.29 is 13.2 Å². The third-order valence-electron chi connectivity index (χ3n) is 12.4. The Morgan fingerprint density at radius 1 is 0.302 bits per heavy atom. The molecule has 0 aliphatic heterocycles. The summed E-state index contributed by atoms with van der Waals surface area (Å²) in [7, 11) is 0. The number of rotatable bonds is 6. The van der Waals surface area contributed by atoms with E-state index in [0.29, 0.717) is 11.2 Å². The van der Waals surface area contributed by atoms with Crippen molar-refractivity contribution in [2.75, 3.05) is 9.80 Å². The van der Waals surface area contributed by atoms with Crippen LogP contribution in [0.3, 0.4) is 0 Å². The Bertz CT molecular complexity index is 3280. The summed E-state index contributed by atoms with van der Waals surface area (Å²) in [6.07, 6.45) is 0. The summed E-state index contributed by atoms with van der Waals surface area (Å²) in [5.41, 5.74) is 17.8. The molecule has 11 rings (SSSR count). The van der Waals surface area contributed by atoms with Gasteiger partial charge in [-0.25, -0.2) is 0 Å². The van der Waals surface area contributed by atoms with Crippen LogP contribution in [0.4, 0.5) is 38.5 Å². The summed E-state index contributed by atoms with van der Waals surface area (Å²) in [6.45, 7) is 17.1. The van der Waals surface area contributed by atoms with Gasteiger partial charge in [-0.2, -0.15) is 4.39 Å². The van der Waals surface area contributed by atoms with Crippen LogP contribution >= 0.6 is 0 Å². The lowest BCUT2D eigenvalue weighted by atomic mass is 10.0. The highest BCUT2D eigenvalue weighted by molar-refractivity contribution is 6.19. The second-order valence-corrected chi connectivity index (χ2v) is 18.0. The maximum absolute atomic E-state index is 16.8. The molecule has 0 N–H and O–H groups in total. The maximum Gasteiger partial charge on any atom is 0.209 e. The van der Waals surface area contributed by atoms with Gasteiger partial charge in [0, 0.05) is 55.7 Å². The van der Waals surface area contributed by atoms with Crippen LogP contribution in [0.25, 0.3) is 65.4 Å². The van der Waals surface area contributed by atoms with Crippen LogP contribution < -0.4 is 9.80 Å². The molecule has 0 saturated heterocycles. The van der Waals surface area contributed by atoms with E-state index >= 15 is 4.39 Å². The van der Waals surface area contributed by atoms with E-state index in [1.54, 1.807) is 0 Å². The predicted molar refractivity (Wildman–Crippen MR) is 263 cm³/mol. The number of anilines is 6. The van der Waals surface area contributed by atoms with Gasteiger partial charge in [0.15, 0.2) is 11.2 Å². The van der Waals surface area contributed by atoms with Crippen LogP contribution in [-0.4, -0.2) is 0 Å². The molecule has 2 aromatic heterocycles. The van der Waals surface area contributed by atoms with E-state index < -0.39 is 5.82 Å². The Labute approximate surface area is 366 Å². The first kappa shape index (κ1) is 38.5. The van der Waals surface area contributed by atoms with Crippen LogP contribution in [0.5, 0.6) is 0 Å². The first-order chi connectivity index (χ1) is 30.3. The number of aryl methyl sites for hydroxylation is 8. The number of hydrogen-bond donors (Lipinski definition) is 0. The normalized spacial score (nSPS) is 11.9.